The van der Waals surface area contributed by atoms with E-state index < -0.39 is 5.97 Å². The SMILES string of the molecule is CC(=O)c1c(C)[nH]c(C(=O)OCC(=O)N[C@@H](C)c2ccc3c(c2)CCCC3)c1C. The summed E-state index contributed by atoms with van der Waals surface area (Å²) in [7, 11) is 0. The van der Waals surface area contributed by atoms with Crippen molar-refractivity contribution in [2.24, 2.45) is 0 Å². The van der Waals surface area contributed by atoms with E-state index in [1.54, 1.807) is 13.8 Å². The molecular weight excluding hydrogens is 368 g/mol. The second-order valence-corrected chi connectivity index (χ2v) is 7.78. The molecular formula is C23H28N2O4. The molecule has 0 spiro atoms. The van der Waals surface area contributed by atoms with Gasteiger partial charge in [-0.15, -0.1) is 0 Å². The van der Waals surface area contributed by atoms with Gasteiger partial charge >= 0.3 is 5.97 Å². The molecule has 0 fully saturated rings. The molecule has 2 aromatic rings. The molecule has 3 rings (SSSR count). The third-order valence-corrected chi connectivity index (χ3v) is 5.58. The molecule has 0 radical (unpaired) electrons. The second-order valence-electron chi connectivity index (χ2n) is 7.78. The van der Waals surface area contributed by atoms with E-state index in [2.05, 4.69) is 28.5 Å². The molecule has 0 unspecified atom stereocenters. The third kappa shape index (κ3) is 4.58. The lowest BCUT2D eigenvalue weighted by molar-refractivity contribution is -0.124. The molecule has 2 N–H and O–H groups in total. The first kappa shape index (κ1) is 20.8. The van der Waals surface area contributed by atoms with E-state index in [1.165, 1.54) is 30.9 Å². The zero-order chi connectivity index (χ0) is 21.1. The van der Waals surface area contributed by atoms with Crippen LogP contribution in [0.1, 0.15) is 81.5 Å². The van der Waals surface area contributed by atoms with Crippen LogP contribution in [0.25, 0.3) is 0 Å². The van der Waals surface area contributed by atoms with Crippen molar-refractivity contribution in [2.45, 2.75) is 59.4 Å². The zero-order valence-electron chi connectivity index (χ0n) is 17.5. The van der Waals surface area contributed by atoms with Gasteiger partial charge in [-0.05, 0) is 75.6 Å². The van der Waals surface area contributed by atoms with Crippen LogP contribution in [0.5, 0.6) is 0 Å². The van der Waals surface area contributed by atoms with Crippen LogP contribution < -0.4 is 5.32 Å². The number of aryl methyl sites for hydroxylation is 3. The number of benzene rings is 1. The number of amides is 1. The second kappa shape index (κ2) is 8.64. The smallest absolute Gasteiger partial charge is 0.355 e. The van der Waals surface area contributed by atoms with Gasteiger partial charge in [0.15, 0.2) is 12.4 Å². The quantitative estimate of drug-likeness (QED) is 0.575. The Balaban J connectivity index is 1.58. The fourth-order valence-electron chi connectivity index (χ4n) is 4.07. The average molecular weight is 396 g/mol. The minimum atomic E-state index is -0.644. The molecule has 0 aliphatic heterocycles. The Morgan fingerprint density at radius 2 is 1.83 bits per heavy atom. The monoisotopic (exact) mass is 396 g/mol. The van der Waals surface area contributed by atoms with Crippen molar-refractivity contribution in [3.05, 3.63) is 57.4 Å². The van der Waals surface area contributed by atoms with Crippen LogP contribution in [-0.2, 0) is 22.4 Å². The number of carbonyl (C=O) groups excluding carboxylic acids is 3. The maximum atomic E-state index is 12.3. The Bertz CT molecular complexity index is 958. The fourth-order valence-corrected chi connectivity index (χ4v) is 4.07. The Morgan fingerprint density at radius 3 is 2.48 bits per heavy atom. The van der Waals surface area contributed by atoms with E-state index in [0.717, 1.165) is 18.4 Å². The van der Waals surface area contributed by atoms with Crippen LogP contribution in [0.4, 0.5) is 0 Å². The predicted octanol–water partition coefficient (Wildman–Crippen LogP) is 3.75. The van der Waals surface area contributed by atoms with E-state index in [0.29, 0.717) is 16.8 Å². The van der Waals surface area contributed by atoms with Crippen molar-refractivity contribution in [1.82, 2.24) is 10.3 Å². The molecule has 1 aromatic carbocycles. The molecule has 6 heteroatoms. The van der Waals surface area contributed by atoms with Crippen molar-refractivity contribution in [3.63, 3.8) is 0 Å². The predicted molar refractivity (Wildman–Crippen MR) is 110 cm³/mol. The normalized spacial score (nSPS) is 14.1. The fraction of sp³-hybridized carbons (Fsp3) is 0.435. The van der Waals surface area contributed by atoms with Gasteiger partial charge in [0, 0.05) is 11.3 Å². The van der Waals surface area contributed by atoms with Crippen molar-refractivity contribution >= 4 is 17.7 Å². The molecule has 1 aliphatic rings. The highest BCUT2D eigenvalue weighted by Crippen LogP contribution is 2.25. The number of carbonyl (C=O) groups is 3. The minimum absolute atomic E-state index is 0.119. The molecule has 1 amide bonds. The van der Waals surface area contributed by atoms with Gasteiger partial charge in [-0.3, -0.25) is 9.59 Å². The lowest BCUT2D eigenvalue weighted by atomic mass is 9.89. The summed E-state index contributed by atoms with van der Waals surface area (Å²) in [5, 5.41) is 2.88. The number of H-pyrrole nitrogens is 1. The first-order valence-corrected chi connectivity index (χ1v) is 10.1. The molecule has 0 saturated heterocycles. The zero-order valence-corrected chi connectivity index (χ0v) is 17.5. The molecule has 154 valence electrons. The van der Waals surface area contributed by atoms with Gasteiger partial charge in [-0.1, -0.05) is 18.2 Å². The topological polar surface area (TPSA) is 88.3 Å². The highest BCUT2D eigenvalue weighted by molar-refractivity contribution is 6.01. The standard InChI is InChI=1S/C23H28N2O4/c1-13-21(16(4)26)15(3)25-22(13)23(28)29-12-20(27)24-14(2)18-10-9-17-7-5-6-8-19(17)11-18/h9-11,14,25H,5-8,12H2,1-4H3,(H,24,27)/t14-/m0/s1. The van der Waals surface area contributed by atoms with Gasteiger partial charge in [0.25, 0.3) is 5.91 Å². The minimum Gasteiger partial charge on any atom is -0.451 e. The number of ether oxygens (including phenoxy) is 1. The summed E-state index contributed by atoms with van der Waals surface area (Å²) < 4.78 is 5.15. The lowest BCUT2D eigenvalue weighted by Gasteiger charge is -2.20. The molecule has 0 bridgehead atoms. The van der Waals surface area contributed by atoms with Crippen LogP contribution in [0.3, 0.4) is 0 Å². The third-order valence-electron chi connectivity index (χ3n) is 5.58. The maximum Gasteiger partial charge on any atom is 0.355 e. The molecule has 29 heavy (non-hydrogen) atoms. The Kier molecular flexibility index (Phi) is 6.20. The Morgan fingerprint density at radius 1 is 1.14 bits per heavy atom. The molecule has 1 atom stereocenters. The number of hydrogen-bond acceptors (Lipinski definition) is 4. The van der Waals surface area contributed by atoms with E-state index in [-0.39, 0.29) is 30.0 Å². The number of fused-ring (bicyclic) bond motifs is 1. The average Bonchev–Trinajstić information content (AvgIpc) is 3.00. The maximum absolute atomic E-state index is 12.3. The first-order chi connectivity index (χ1) is 13.8. The summed E-state index contributed by atoms with van der Waals surface area (Å²) in [6, 6.07) is 6.19. The Hall–Kier alpha value is -2.89. The van der Waals surface area contributed by atoms with Gasteiger partial charge < -0.3 is 15.0 Å². The van der Waals surface area contributed by atoms with E-state index in [9.17, 15) is 14.4 Å². The number of nitrogens with one attached hydrogen (secondary N) is 2. The number of rotatable bonds is 6. The van der Waals surface area contributed by atoms with E-state index in [1.807, 2.05) is 6.92 Å². The summed E-state index contributed by atoms with van der Waals surface area (Å²) in [5.74, 6) is -1.13. The van der Waals surface area contributed by atoms with E-state index >= 15 is 0 Å². The molecule has 1 aliphatic carbocycles. The van der Waals surface area contributed by atoms with Gasteiger partial charge in [-0.2, -0.15) is 0 Å². The first-order valence-electron chi connectivity index (χ1n) is 10.1. The summed E-state index contributed by atoms with van der Waals surface area (Å²) in [6.45, 7) is 6.42. The van der Waals surface area contributed by atoms with E-state index in [4.69, 9.17) is 4.74 Å². The highest BCUT2D eigenvalue weighted by atomic mass is 16.5. The van der Waals surface area contributed by atoms with Crippen molar-refractivity contribution in [1.29, 1.82) is 0 Å². The van der Waals surface area contributed by atoms with Gasteiger partial charge in [0.05, 0.1) is 6.04 Å². The number of aromatic amines is 1. The van der Waals surface area contributed by atoms with Gasteiger partial charge in [0.2, 0.25) is 0 Å². The van der Waals surface area contributed by atoms with Crippen LogP contribution >= 0.6 is 0 Å². The summed E-state index contributed by atoms with van der Waals surface area (Å²) >= 11 is 0. The molecule has 6 nitrogen and oxygen atoms in total. The number of aromatic nitrogens is 1. The van der Waals surface area contributed by atoms with Crippen LogP contribution in [-0.4, -0.2) is 29.3 Å². The highest BCUT2D eigenvalue weighted by Gasteiger charge is 2.22. The van der Waals surface area contributed by atoms with Crippen molar-refractivity contribution in [2.75, 3.05) is 6.61 Å². The number of Topliss-reactive ketones (excluding diaryl/α,β-unsaturated/α-hetero) is 1. The lowest BCUT2D eigenvalue weighted by Crippen LogP contribution is -2.31. The van der Waals surface area contributed by atoms with Crippen LogP contribution in [0.15, 0.2) is 18.2 Å². The largest absolute Gasteiger partial charge is 0.451 e. The number of esters is 1. The number of ketones is 1. The summed E-state index contributed by atoms with van der Waals surface area (Å²) in [6.07, 6.45) is 4.64. The Labute approximate surface area is 171 Å². The number of hydrogen-bond donors (Lipinski definition) is 2. The van der Waals surface area contributed by atoms with Crippen LogP contribution in [0.2, 0.25) is 0 Å². The van der Waals surface area contributed by atoms with Gasteiger partial charge in [-0.25, -0.2) is 4.79 Å². The molecule has 0 saturated carbocycles. The summed E-state index contributed by atoms with van der Waals surface area (Å²) in [5.41, 5.74) is 5.67. The van der Waals surface area contributed by atoms with Crippen molar-refractivity contribution in [3.8, 4) is 0 Å². The van der Waals surface area contributed by atoms with Crippen molar-refractivity contribution < 1.29 is 19.1 Å². The molecule has 1 aromatic heterocycles. The van der Waals surface area contributed by atoms with Gasteiger partial charge in [0.1, 0.15) is 5.69 Å². The van der Waals surface area contributed by atoms with Crippen LogP contribution in [0, 0.1) is 13.8 Å². The molecule has 1 heterocycles. The summed E-state index contributed by atoms with van der Waals surface area (Å²) in [4.78, 5) is 39.2.